The molecule has 0 aromatic heterocycles. The molecule has 7 nitrogen and oxygen atoms in total. The topological polar surface area (TPSA) is 86.8 Å². The Balaban J connectivity index is 1.15. The molecule has 3 aliphatic heterocycles. The number of carbonyl (C=O) groups is 1. The van der Waals surface area contributed by atoms with Crippen LogP contribution in [0.2, 0.25) is 0 Å². The van der Waals surface area contributed by atoms with E-state index in [4.69, 9.17) is 23.7 Å². The minimum absolute atomic E-state index is 0.0656. The zero-order chi connectivity index (χ0) is 27.7. The fourth-order valence-corrected chi connectivity index (χ4v) is 7.44. The summed E-state index contributed by atoms with van der Waals surface area (Å²) in [7, 11) is 0. The van der Waals surface area contributed by atoms with E-state index >= 15 is 0 Å². The van der Waals surface area contributed by atoms with Gasteiger partial charge in [-0.05, 0) is 69.1 Å². The van der Waals surface area contributed by atoms with Crippen LogP contribution < -0.4 is 0 Å². The van der Waals surface area contributed by atoms with E-state index < -0.39 is 18.5 Å². The van der Waals surface area contributed by atoms with E-state index in [1.807, 2.05) is 0 Å². The summed E-state index contributed by atoms with van der Waals surface area (Å²) in [4.78, 5) is 12.3. The van der Waals surface area contributed by atoms with E-state index in [1.54, 1.807) is 0 Å². The molecule has 3 saturated heterocycles. The van der Waals surface area contributed by atoms with Crippen LogP contribution in [0.1, 0.15) is 122 Å². The maximum atomic E-state index is 12.3. The van der Waals surface area contributed by atoms with E-state index in [1.165, 1.54) is 69.8 Å². The zero-order valence-electron chi connectivity index (χ0n) is 24.5. The molecule has 0 amide bonds. The van der Waals surface area contributed by atoms with Crippen LogP contribution in [0.3, 0.4) is 0 Å². The van der Waals surface area contributed by atoms with Crippen LogP contribution in [0.25, 0.3) is 0 Å². The van der Waals surface area contributed by atoms with Crippen molar-refractivity contribution >= 4 is 5.97 Å². The molecule has 1 N–H and O–H groups in total. The fourth-order valence-electron chi connectivity index (χ4n) is 7.44. The normalized spacial score (nSPS) is 33.9. The van der Waals surface area contributed by atoms with Gasteiger partial charge in [0.25, 0.3) is 0 Å². The average Bonchev–Trinajstić information content (AvgIpc) is 3.62. The van der Waals surface area contributed by atoms with Gasteiger partial charge in [0.05, 0.1) is 25.4 Å². The molecule has 5 fully saturated rings. The Bertz CT molecular complexity index is 851. The molecule has 7 heteroatoms. The van der Waals surface area contributed by atoms with Crippen molar-refractivity contribution in [1.29, 1.82) is 0 Å². The van der Waals surface area contributed by atoms with Crippen molar-refractivity contribution in [2.45, 2.75) is 147 Å². The van der Waals surface area contributed by atoms with Gasteiger partial charge < -0.3 is 28.8 Å². The average molecular weight is 561 g/mol. The molecule has 2 aliphatic carbocycles. The van der Waals surface area contributed by atoms with Crippen molar-refractivity contribution in [3.05, 3.63) is 23.7 Å². The van der Waals surface area contributed by atoms with Gasteiger partial charge in [0, 0.05) is 19.3 Å². The Hall–Kier alpha value is -1.57. The third-order valence-electron chi connectivity index (χ3n) is 9.90. The molecule has 6 atom stereocenters. The van der Waals surface area contributed by atoms with Crippen LogP contribution in [0.5, 0.6) is 0 Å². The lowest BCUT2D eigenvalue weighted by Crippen LogP contribution is -2.28. The standard InChI is InChI=1S/C33H52O7/c1-23-17-18-25(14-6-5-13-24-11-3-2-4-12-24)26(23)21-27-28(38-27)22-29(39-30-15-7-9-19-36-30)32(33(34)35)40-31-16-8-10-20-37-31/h24-28,30-31H,1-22H2,(H,34,35)/t25-,26-,27+,28?,30?,31?/m0/s1. The summed E-state index contributed by atoms with van der Waals surface area (Å²) >= 11 is 0. The molecule has 226 valence electrons. The zero-order valence-corrected chi connectivity index (χ0v) is 24.5. The Morgan fingerprint density at radius 2 is 1.50 bits per heavy atom. The van der Waals surface area contributed by atoms with Crippen molar-refractivity contribution in [1.82, 2.24) is 0 Å². The molecule has 3 unspecified atom stereocenters. The van der Waals surface area contributed by atoms with Crippen LogP contribution in [-0.4, -0.2) is 49.1 Å². The molecule has 3 heterocycles. The monoisotopic (exact) mass is 560 g/mol. The van der Waals surface area contributed by atoms with Crippen molar-refractivity contribution < 1.29 is 33.6 Å². The fraction of sp³-hybridized carbons (Fsp3) is 0.848. The summed E-state index contributed by atoms with van der Waals surface area (Å²) in [6.45, 7) is 5.64. The first-order valence-corrected chi connectivity index (χ1v) is 16.4. The van der Waals surface area contributed by atoms with Gasteiger partial charge in [-0.1, -0.05) is 63.5 Å². The van der Waals surface area contributed by atoms with Crippen molar-refractivity contribution in [3.8, 4) is 0 Å². The molecule has 0 aromatic carbocycles. The summed E-state index contributed by atoms with van der Waals surface area (Å²) in [5.41, 5.74) is 1.37. The first-order chi connectivity index (χ1) is 19.6. The van der Waals surface area contributed by atoms with Crippen LogP contribution in [0.4, 0.5) is 0 Å². The van der Waals surface area contributed by atoms with Gasteiger partial charge in [-0.25, -0.2) is 4.79 Å². The summed E-state index contributed by atoms with van der Waals surface area (Å²) in [5.74, 6) is 1.21. The number of ether oxygens (including phenoxy) is 5. The predicted molar refractivity (Wildman–Crippen MR) is 152 cm³/mol. The first-order valence-electron chi connectivity index (χ1n) is 16.4. The van der Waals surface area contributed by atoms with Gasteiger partial charge in [0.2, 0.25) is 5.76 Å². The van der Waals surface area contributed by atoms with Crippen molar-refractivity contribution in [2.75, 3.05) is 13.2 Å². The van der Waals surface area contributed by atoms with E-state index in [2.05, 4.69) is 6.58 Å². The van der Waals surface area contributed by atoms with Gasteiger partial charge in [-0.2, -0.15) is 0 Å². The molecule has 0 spiro atoms. The van der Waals surface area contributed by atoms with Crippen LogP contribution in [0, 0.1) is 17.8 Å². The minimum atomic E-state index is -1.13. The molecule has 5 rings (SSSR count). The van der Waals surface area contributed by atoms with Crippen LogP contribution >= 0.6 is 0 Å². The Kier molecular flexibility index (Phi) is 11.3. The van der Waals surface area contributed by atoms with Gasteiger partial charge in [0.1, 0.15) is 0 Å². The molecular formula is C33H52O7. The second-order valence-electron chi connectivity index (χ2n) is 12.9. The van der Waals surface area contributed by atoms with Gasteiger partial charge >= 0.3 is 5.97 Å². The quantitative estimate of drug-likeness (QED) is 0.0768. The van der Waals surface area contributed by atoms with Crippen LogP contribution in [0.15, 0.2) is 23.7 Å². The van der Waals surface area contributed by atoms with E-state index in [9.17, 15) is 9.90 Å². The summed E-state index contributed by atoms with van der Waals surface area (Å²) in [6, 6.07) is 0. The van der Waals surface area contributed by atoms with Gasteiger partial charge in [-0.15, -0.1) is 0 Å². The highest BCUT2D eigenvalue weighted by Crippen LogP contribution is 2.46. The summed E-state index contributed by atoms with van der Waals surface area (Å²) < 4.78 is 29.7. The summed E-state index contributed by atoms with van der Waals surface area (Å²) in [6.07, 6.45) is 20.7. The Labute approximate surface area is 241 Å². The third kappa shape index (κ3) is 8.72. The number of epoxide rings is 1. The third-order valence-corrected chi connectivity index (χ3v) is 9.90. The number of carboxylic acid groups (broad SMARTS) is 1. The number of rotatable bonds is 14. The predicted octanol–water partition coefficient (Wildman–Crippen LogP) is 7.64. The second-order valence-corrected chi connectivity index (χ2v) is 12.9. The molecular weight excluding hydrogens is 508 g/mol. The highest BCUT2D eigenvalue weighted by molar-refractivity contribution is 5.84. The molecule has 40 heavy (non-hydrogen) atoms. The molecule has 5 aliphatic rings. The second kappa shape index (κ2) is 15.1. The maximum Gasteiger partial charge on any atom is 0.374 e. The number of hydrogen-bond donors (Lipinski definition) is 1. The Morgan fingerprint density at radius 1 is 0.825 bits per heavy atom. The number of carboxylic acids is 1. The smallest absolute Gasteiger partial charge is 0.374 e. The van der Waals surface area contributed by atoms with Crippen molar-refractivity contribution in [2.24, 2.45) is 17.8 Å². The maximum absolute atomic E-state index is 12.3. The molecule has 0 aromatic rings. The molecule has 2 saturated carbocycles. The molecule has 0 radical (unpaired) electrons. The number of aliphatic carboxylic acids is 1. The lowest BCUT2D eigenvalue weighted by molar-refractivity contribution is -0.170. The van der Waals surface area contributed by atoms with E-state index in [0.717, 1.165) is 50.9 Å². The minimum Gasteiger partial charge on any atom is -0.475 e. The van der Waals surface area contributed by atoms with Crippen molar-refractivity contribution in [3.63, 3.8) is 0 Å². The number of hydrogen-bond acceptors (Lipinski definition) is 6. The number of allylic oxidation sites excluding steroid dienone is 1. The van der Waals surface area contributed by atoms with E-state index in [-0.39, 0.29) is 18.0 Å². The highest BCUT2D eigenvalue weighted by atomic mass is 16.7. The van der Waals surface area contributed by atoms with Gasteiger partial charge in [0.15, 0.2) is 18.3 Å². The first kappa shape index (κ1) is 29.9. The highest BCUT2D eigenvalue weighted by Gasteiger charge is 2.45. The van der Waals surface area contributed by atoms with E-state index in [0.29, 0.717) is 43.7 Å². The summed E-state index contributed by atoms with van der Waals surface area (Å²) in [5, 5.41) is 10.1. The lowest BCUT2D eigenvalue weighted by Gasteiger charge is -2.27. The Morgan fingerprint density at radius 3 is 2.17 bits per heavy atom. The SMILES string of the molecule is C=C1CC[C@H](CCCCC2CCCCC2)[C@H]1C[C@H]1OC1CC(OC1CCCCO1)=C(OC1CCCCO1)C(=O)O. The number of unbranched alkanes of at least 4 members (excludes halogenated alkanes) is 1. The van der Waals surface area contributed by atoms with Crippen LogP contribution in [-0.2, 0) is 28.5 Å². The van der Waals surface area contributed by atoms with Gasteiger partial charge in [-0.3, -0.25) is 0 Å². The largest absolute Gasteiger partial charge is 0.475 e. The molecule has 0 bridgehead atoms. The lowest BCUT2D eigenvalue weighted by atomic mass is 9.83.